The van der Waals surface area contributed by atoms with E-state index in [1.165, 1.54) is 0 Å². The molecular formula is C10H11Cl3. The van der Waals surface area contributed by atoms with E-state index in [-0.39, 0.29) is 0 Å². The molecule has 1 aromatic carbocycles. The molecule has 3 heteroatoms. The van der Waals surface area contributed by atoms with Crippen molar-refractivity contribution in [2.24, 2.45) is 0 Å². The lowest BCUT2D eigenvalue weighted by Gasteiger charge is -2.06. The van der Waals surface area contributed by atoms with E-state index < -0.39 is 0 Å². The van der Waals surface area contributed by atoms with Crippen LogP contribution in [-0.4, -0.2) is 0 Å². The van der Waals surface area contributed by atoms with Crippen LogP contribution in [0.5, 0.6) is 0 Å². The first-order valence-corrected chi connectivity index (χ1v) is 5.42. The molecule has 0 spiro atoms. The second-order valence-electron chi connectivity index (χ2n) is 2.95. The van der Waals surface area contributed by atoms with E-state index in [9.17, 15) is 0 Å². The summed E-state index contributed by atoms with van der Waals surface area (Å²) in [5, 5.41) is 1.94. The molecule has 0 saturated carbocycles. The van der Waals surface area contributed by atoms with Crippen LogP contribution in [0.2, 0.25) is 15.1 Å². The van der Waals surface area contributed by atoms with Crippen molar-refractivity contribution in [3.63, 3.8) is 0 Å². The third kappa shape index (κ3) is 3.05. The van der Waals surface area contributed by atoms with Crippen LogP contribution in [0.25, 0.3) is 0 Å². The van der Waals surface area contributed by atoms with Gasteiger partial charge in [-0.25, -0.2) is 0 Å². The van der Waals surface area contributed by atoms with Crippen molar-refractivity contribution >= 4 is 34.8 Å². The fourth-order valence-electron chi connectivity index (χ4n) is 1.16. The Morgan fingerprint density at radius 1 is 1.08 bits per heavy atom. The number of rotatable bonds is 3. The van der Waals surface area contributed by atoms with E-state index >= 15 is 0 Å². The number of hydrogen-bond acceptors (Lipinski definition) is 0. The Morgan fingerprint density at radius 3 is 2.08 bits per heavy atom. The Balaban J connectivity index is 2.92. The lowest BCUT2D eigenvalue weighted by molar-refractivity contribution is 0.795. The van der Waals surface area contributed by atoms with Crippen molar-refractivity contribution < 1.29 is 0 Å². The van der Waals surface area contributed by atoms with Crippen molar-refractivity contribution in [1.82, 2.24) is 0 Å². The molecule has 0 heterocycles. The summed E-state index contributed by atoms with van der Waals surface area (Å²) in [5.41, 5.74) is 1.01. The van der Waals surface area contributed by atoms with E-state index in [1.807, 2.05) is 0 Å². The average molecular weight is 238 g/mol. The van der Waals surface area contributed by atoms with Crippen molar-refractivity contribution in [2.45, 2.75) is 26.2 Å². The van der Waals surface area contributed by atoms with Gasteiger partial charge in [0.2, 0.25) is 0 Å². The van der Waals surface area contributed by atoms with Gasteiger partial charge in [-0.1, -0.05) is 48.1 Å². The molecular weight excluding hydrogens is 226 g/mol. The highest BCUT2D eigenvalue weighted by molar-refractivity contribution is 6.39. The molecule has 1 aromatic rings. The topological polar surface area (TPSA) is 0 Å². The van der Waals surface area contributed by atoms with E-state index in [4.69, 9.17) is 34.8 Å². The van der Waals surface area contributed by atoms with E-state index in [2.05, 4.69) is 6.92 Å². The van der Waals surface area contributed by atoms with Gasteiger partial charge in [0.25, 0.3) is 0 Å². The number of halogens is 3. The SMILES string of the molecule is CCCCc1c(Cl)cc(Cl)cc1Cl. The van der Waals surface area contributed by atoms with Gasteiger partial charge in [-0.05, 0) is 30.5 Å². The molecule has 0 saturated heterocycles. The molecule has 0 radical (unpaired) electrons. The van der Waals surface area contributed by atoms with Crippen molar-refractivity contribution in [3.8, 4) is 0 Å². The van der Waals surface area contributed by atoms with Gasteiger partial charge in [0.05, 0.1) is 0 Å². The molecule has 0 aromatic heterocycles. The van der Waals surface area contributed by atoms with Gasteiger partial charge in [0.15, 0.2) is 0 Å². The fourth-order valence-corrected chi connectivity index (χ4v) is 2.17. The first-order valence-electron chi connectivity index (χ1n) is 4.28. The van der Waals surface area contributed by atoms with Gasteiger partial charge in [-0.3, -0.25) is 0 Å². The van der Waals surface area contributed by atoms with Gasteiger partial charge >= 0.3 is 0 Å². The summed E-state index contributed by atoms with van der Waals surface area (Å²) in [6, 6.07) is 3.47. The summed E-state index contributed by atoms with van der Waals surface area (Å²) >= 11 is 17.8. The smallest absolute Gasteiger partial charge is 0.0467 e. The third-order valence-electron chi connectivity index (χ3n) is 1.89. The number of hydrogen-bond donors (Lipinski definition) is 0. The van der Waals surface area contributed by atoms with Gasteiger partial charge in [-0.2, -0.15) is 0 Å². The van der Waals surface area contributed by atoms with E-state index in [1.54, 1.807) is 12.1 Å². The molecule has 0 amide bonds. The Morgan fingerprint density at radius 2 is 1.62 bits per heavy atom. The van der Waals surface area contributed by atoms with Crippen LogP contribution in [0, 0.1) is 0 Å². The molecule has 0 aliphatic carbocycles. The molecule has 13 heavy (non-hydrogen) atoms. The Bertz CT molecular complexity index is 271. The normalized spacial score (nSPS) is 10.5. The predicted octanol–water partition coefficient (Wildman–Crippen LogP) is 4.99. The maximum atomic E-state index is 6.00. The maximum Gasteiger partial charge on any atom is 0.0467 e. The highest BCUT2D eigenvalue weighted by Gasteiger charge is 2.06. The predicted molar refractivity (Wildman–Crippen MR) is 60.1 cm³/mol. The summed E-state index contributed by atoms with van der Waals surface area (Å²) < 4.78 is 0. The summed E-state index contributed by atoms with van der Waals surface area (Å²) in [7, 11) is 0. The highest BCUT2D eigenvalue weighted by atomic mass is 35.5. The van der Waals surface area contributed by atoms with Gasteiger partial charge in [-0.15, -0.1) is 0 Å². The summed E-state index contributed by atoms with van der Waals surface area (Å²) in [6.07, 6.45) is 3.15. The zero-order valence-electron chi connectivity index (χ0n) is 7.41. The van der Waals surface area contributed by atoms with Crippen molar-refractivity contribution in [3.05, 3.63) is 32.8 Å². The molecule has 0 N–H and O–H groups in total. The first kappa shape index (κ1) is 11.2. The molecule has 0 aliphatic rings. The molecule has 0 fully saturated rings. The molecule has 0 bridgehead atoms. The molecule has 0 aliphatic heterocycles. The zero-order chi connectivity index (χ0) is 9.84. The minimum Gasteiger partial charge on any atom is -0.0842 e. The Hall–Kier alpha value is 0.0900. The second kappa shape index (κ2) is 5.09. The van der Waals surface area contributed by atoms with Gasteiger partial charge < -0.3 is 0 Å². The van der Waals surface area contributed by atoms with Gasteiger partial charge in [0.1, 0.15) is 0 Å². The second-order valence-corrected chi connectivity index (χ2v) is 4.20. The maximum absolute atomic E-state index is 6.00. The minimum absolute atomic E-state index is 0.593. The molecule has 0 nitrogen and oxygen atoms in total. The molecule has 0 atom stereocenters. The van der Waals surface area contributed by atoms with Crippen LogP contribution in [-0.2, 0) is 6.42 Å². The van der Waals surface area contributed by atoms with Crippen molar-refractivity contribution in [2.75, 3.05) is 0 Å². The average Bonchev–Trinajstić information content (AvgIpc) is 2.02. The van der Waals surface area contributed by atoms with Crippen LogP contribution in [0.1, 0.15) is 25.3 Å². The minimum atomic E-state index is 0.593. The van der Waals surface area contributed by atoms with Crippen LogP contribution >= 0.6 is 34.8 Å². The summed E-state index contributed by atoms with van der Waals surface area (Å²) in [4.78, 5) is 0. The number of unbranched alkanes of at least 4 members (excludes halogenated alkanes) is 1. The summed E-state index contributed by atoms with van der Waals surface area (Å²) in [5.74, 6) is 0. The zero-order valence-corrected chi connectivity index (χ0v) is 9.68. The third-order valence-corrected chi connectivity index (χ3v) is 2.78. The lowest BCUT2D eigenvalue weighted by atomic mass is 10.1. The monoisotopic (exact) mass is 236 g/mol. The van der Waals surface area contributed by atoms with Crippen molar-refractivity contribution in [1.29, 1.82) is 0 Å². The largest absolute Gasteiger partial charge is 0.0842 e. The van der Waals surface area contributed by atoms with E-state index in [0.29, 0.717) is 15.1 Å². The van der Waals surface area contributed by atoms with Crippen LogP contribution < -0.4 is 0 Å². The molecule has 1 rings (SSSR count). The quantitative estimate of drug-likeness (QED) is 0.695. The Kier molecular flexibility index (Phi) is 4.37. The highest BCUT2D eigenvalue weighted by Crippen LogP contribution is 2.29. The molecule has 0 unspecified atom stereocenters. The van der Waals surface area contributed by atoms with Crippen LogP contribution in [0.3, 0.4) is 0 Å². The number of benzene rings is 1. The van der Waals surface area contributed by atoms with Gasteiger partial charge in [0, 0.05) is 15.1 Å². The fraction of sp³-hybridized carbons (Fsp3) is 0.400. The summed E-state index contributed by atoms with van der Waals surface area (Å²) in [6.45, 7) is 2.14. The standard InChI is InChI=1S/C10H11Cl3/c1-2-3-4-8-9(12)5-7(11)6-10(8)13/h5-6H,2-4H2,1H3. The first-order chi connectivity index (χ1) is 6.15. The molecule has 72 valence electrons. The Labute approximate surface area is 93.8 Å². The lowest BCUT2D eigenvalue weighted by Crippen LogP contribution is -1.88. The van der Waals surface area contributed by atoms with E-state index in [0.717, 1.165) is 24.8 Å². The van der Waals surface area contributed by atoms with Crippen LogP contribution in [0.4, 0.5) is 0 Å². The van der Waals surface area contributed by atoms with Crippen LogP contribution in [0.15, 0.2) is 12.1 Å².